The van der Waals surface area contributed by atoms with E-state index in [2.05, 4.69) is 45.9 Å². The van der Waals surface area contributed by atoms with Gasteiger partial charge in [-0.3, -0.25) is 14.5 Å². The number of benzene rings is 2. The third kappa shape index (κ3) is 5.80. The van der Waals surface area contributed by atoms with Crippen LogP contribution in [0.15, 0.2) is 66.0 Å². The van der Waals surface area contributed by atoms with E-state index in [9.17, 15) is 9.59 Å². The summed E-state index contributed by atoms with van der Waals surface area (Å²) in [5.41, 5.74) is 3.70. The number of hydrogen-bond acceptors (Lipinski definition) is 5. The molecule has 2 amide bonds. The highest BCUT2D eigenvalue weighted by Gasteiger charge is 2.26. The average Bonchev–Trinajstić information content (AvgIpc) is 3.39. The largest absolute Gasteiger partial charge is 0.496 e. The molecule has 0 saturated heterocycles. The molecule has 3 aromatic rings. The lowest BCUT2D eigenvalue weighted by Gasteiger charge is -2.35. The summed E-state index contributed by atoms with van der Waals surface area (Å²) < 4.78 is 5.33. The molecule has 2 heterocycles. The second-order valence-corrected chi connectivity index (χ2v) is 9.03. The number of nitrogens with one attached hydrogen (secondary N) is 2. The Morgan fingerprint density at radius 3 is 2.55 bits per heavy atom. The minimum absolute atomic E-state index is 0.0312. The van der Waals surface area contributed by atoms with Crippen LogP contribution < -0.4 is 15.4 Å². The van der Waals surface area contributed by atoms with E-state index in [-0.39, 0.29) is 6.04 Å². The Morgan fingerprint density at radius 2 is 1.76 bits per heavy atom. The zero-order valence-electron chi connectivity index (χ0n) is 18.8. The maximum absolute atomic E-state index is 12.5. The lowest BCUT2D eigenvalue weighted by atomic mass is 9.98. The number of nitrogens with zero attached hydrogens (tertiary/aromatic N) is 1. The number of hydrogen-bond donors (Lipinski definition) is 2. The number of para-hydroxylation sites is 1. The molecule has 0 bridgehead atoms. The van der Waals surface area contributed by atoms with E-state index in [0.717, 1.165) is 30.8 Å². The highest BCUT2D eigenvalue weighted by atomic mass is 32.1. The van der Waals surface area contributed by atoms with Gasteiger partial charge in [-0.1, -0.05) is 48.5 Å². The van der Waals surface area contributed by atoms with E-state index in [1.54, 1.807) is 18.4 Å². The van der Waals surface area contributed by atoms with Gasteiger partial charge in [-0.05, 0) is 47.0 Å². The molecule has 172 valence electrons. The van der Waals surface area contributed by atoms with Crippen molar-refractivity contribution in [3.05, 3.63) is 87.6 Å². The van der Waals surface area contributed by atoms with Crippen molar-refractivity contribution in [1.82, 2.24) is 15.5 Å². The number of methoxy groups -OCH3 is 1. The monoisotopic (exact) mass is 463 g/mol. The maximum Gasteiger partial charge on any atom is 0.309 e. The number of fused-ring (bicyclic) bond motifs is 1. The molecule has 6 nitrogen and oxygen atoms in total. The van der Waals surface area contributed by atoms with Crippen molar-refractivity contribution in [2.45, 2.75) is 25.4 Å². The topological polar surface area (TPSA) is 70.7 Å². The fraction of sp³-hybridized carbons (Fsp3) is 0.308. The summed E-state index contributed by atoms with van der Waals surface area (Å²) >= 11 is 1.68. The summed E-state index contributed by atoms with van der Waals surface area (Å²) in [5.74, 6) is -0.439. The predicted octanol–water partition coefficient (Wildman–Crippen LogP) is 3.33. The molecule has 1 aliphatic rings. The van der Waals surface area contributed by atoms with Crippen molar-refractivity contribution in [2.24, 2.45) is 0 Å². The quantitative estimate of drug-likeness (QED) is 0.503. The predicted molar refractivity (Wildman–Crippen MR) is 130 cm³/mol. The van der Waals surface area contributed by atoms with Crippen LogP contribution in [-0.2, 0) is 29.0 Å². The third-order valence-electron chi connectivity index (χ3n) is 6.01. The van der Waals surface area contributed by atoms with Crippen LogP contribution in [0.4, 0.5) is 0 Å². The Kier molecular flexibility index (Phi) is 7.75. The average molecular weight is 464 g/mol. The smallest absolute Gasteiger partial charge is 0.309 e. The van der Waals surface area contributed by atoms with E-state index >= 15 is 0 Å². The van der Waals surface area contributed by atoms with Gasteiger partial charge in [0.2, 0.25) is 0 Å². The first-order chi connectivity index (χ1) is 16.2. The van der Waals surface area contributed by atoms with Crippen LogP contribution in [0.5, 0.6) is 5.75 Å². The van der Waals surface area contributed by atoms with Crippen LogP contribution in [0, 0.1) is 0 Å². The Balaban J connectivity index is 1.32. The molecule has 33 heavy (non-hydrogen) atoms. The van der Waals surface area contributed by atoms with Crippen LogP contribution in [-0.4, -0.2) is 43.5 Å². The van der Waals surface area contributed by atoms with Crippen molar-refractivity contribution in [2.75, 3.05) is 26.7 Å². The van der Waals surface area contributed by atoms with E-state index in [0.29, 0.717) is 19.5 Å². The van der Waals surface area contributed by atoms with Gasteiger partial charge in [0.15, 0.2) is 0 Å². The fourth-order valence-corrected chi connectivity index (χ4v) is 5.11. The summed E-state index contributed by atoms with van der Waals surface area (Å²) in [7, 11) is 1.62. The first kappa shape index (κ1) is 23.0. The summed E-state index contributed by atoms with van der Waals surface area (Å²) in [6.45, 7) is 2.51. The lowest BCUT2D eigenvalue weighted by Crippen LogP contribution is -2.45. The second kappa shape index (κ2) is 11.1. The second-order valence-electron chi connectivity index (χ2n) is 8.05. The summed E-state index contributed by atoms with van der Waals surface area (Å²) in [4.78, 5) is 28.4. The van der Waals surface area contributed by atoms with Gasteiger partial charge in [-0.25, -0.2) is 0 Å². The molecule has 0 unspecified atom stereocenters. The van der Waals surface area contributed by atoms with Crippen LogP contribution in [0.1, 0.15) is 27.6 Å². The van der Waals surface area contributed by atoms with Crippen LogP contribution in [0.25, 0.3) is 0 Å². The summed E-state index contributed by atoms with van der Waals surface area (Å²) in [6.07, 6.45) is 1.57. The minimum Gasteiger partial charge on any atom is -0.496 e. The maximum atomic E-state index is 12.5. The van der Waals surface area contributed by atoms with Crippen LogP contribution in [0.2, 0.25) is 0 Å². The molecule has 1 aromatic heterocycles. The first-order valence-corrected chi connectivity index (χ1v) is 12.1. The highest BCUT2D eigenvalue weighted by Crippen LogP contribution is 2.30. The van der Waals surface area contributed by atoms with Crippen LogP contribution in [0.3, 0.4) is 0 Å². The van der Waals surface area contributed by atoms with Gasteiger partial charge in [-0.15, -0.1) is 11.3 Å². The Hall–Kier alpha value is -3.16. The molecule has 0 spiro atoms. The normalized spacial score (nSPS) is 14.2. The number of rotatable bonds is 8. The van der Waals surface area contributed by atoms with Gasteiger partial charge in [0.25, 0.3) is 0 Å². The molecule has 0 aliphatic carbocycles. The molecule has 1 atom stereocenters. The van der Waals surface area contributed by atoms with E-state index in [4.69, 9.17) is 4.74 Å². The van der Waals surface area contributed by atoms with E-state index < -0.39 is 11.8 Å². The van der Waals surface area contributed by atoms with Gasteiger partial charge >= 0.3 is 11.8 Å². The van der Waals surface area contributed by atoms with Crippen molar-refractivity contribution in [3.63, 3.8) is 0 Å². The van der Waals surface area contributed by atoms with Crippen molar-refractivity contribution >= 4 is 23.2 Å². The minimum atomic E-state index is -0.612. The standard InChI is InChI=1S/C26H29N3O3S/c1-32-23-10-5-4-8-20(23)12-14-27-25(30)26(31)28-17-22(24-11-6-16-33-24)29-15-13-19-7-2-3-9-21(19)18-29/h2-11,16,22H,12-15,17-18H2,1H3,(H,27,30)(H,28,31)/t22-/m0/s1. The summed E-state index contributed by atoms with van der Waals surface area (Å²) in [6, 6.07) is 20.3. The fourth-order valence-electron chi connectivity index (χ4n) is 4.24. The molecule has 0 fully saturated rings. The molecule has 4 rings (SSSR count). The zero-order valence-corrected chi connectivity index (χ0v) is 19.6. The SMILES string of the molecule is COc1ccccc1CCNC(=O)C(=O)NC[C@@H](c1cccs1)N1CCc2ccccc2C1. The molecule has 0 saturated carbocycles. The molecule has 2 N–H and O–H groups in total. The van der Waals surface area contributed by atoms with Gasteiger partial charge in [-0.2, -0.15) is 0 Å². The number of thiophene rings is 1. The number of ether oxygens (including phenoxy) is 1. The molecule has 1 aliphatic heterocycles. The van der Waals surface area contributed by atoms with Crippen molar-refractivity contribution < 1.29 is 14.3 Å². The third-order valence-corrected chi connectivity index (χ3v) is 6.98. The van der Waals surface area contributed by atoms with E-state index in [1.807, 2.05) is 35.7 Å². The zero-order chi connectivity index (χ0) is 23.0. The van der Waals surface area contributed by atoms with Crippen LogP contribution >= 0.6 is 11.3 Å². The summed E-state index contributed by atoms with van der Waals surface area (Å²) in [5, 5.41) is 7.62. The lowest BCUT2D eigenvalue weighted by molar-refractivity contribution is -0.139. The first-order valence-electron chi connectivity index (χ1n) is 11.2. The molecular weight excluding hydrogens is 434 g/mol. The molecule has 2 aromatic carbocycles. The number of amides is 2. The van der Waals surface area contributed by atoms with Gasteiger partial charge in [0.1, 0.15) is 5.75 Å². The Labute approximate surface area is 198 Å². The van der Waals surface area contributed by atoms with Gasteiger partial charge in [0.05, 0.1) is 13.2 Å². The van der Waals surface area contributed by atoms with Gasteiger partial charge in [0, 0.05) is 31.1 Å². The number of carbonyl (C=O) groups excluding carboxylic acids is 2. The van der Waals surface area contributed by atoms with Crippen molar-refractivity contribution in [3.8, 4) is 5.75 Å². The van der Waals surface area contributed by atoms with Crippen molar-refractivity contribution in [1.29, 1.82) is 0 Å². The molecular formula is C26H29N3O3S. The molecule has 7 heteroatoms. The van der Waals surface area contributed by atoms with Gasteiger partial charge < -0.3 is 15.4 Å². The highest BCUT2D eigenvalue weighted by molar-refractivity contribution is 7.10. The van der Waals surface area contributed by atoms with E-state index in [1.165, 1.54) is 16.0 Å². The Morgan fingerprint density at radius 1 is 1.00 bits per heavy atom. The molecule has 0 radical (unpaired) electrons. The Bertz CT molecular complexity index is 1080. The number of carbonyl (C=O) groups is 2.